The molecule has 2 aromatic heterocycles. The molecular formula is C84H100N16O14. The summed E-state index contributed by atoms with van der Waals surface area (Å²) in [6.07, 6.45) is 10.6. The third-order valence-electron chi connectivity index (χ3n) is 23.1. The SMILES string of the molecule is CN[C@@H](C)C(=O)NC(C(=O)N1C[C@@H]2C[C@H]1C(=O)N[C@@H](Cc1ccc3ccccc3c1)C(=O)N[C@H](C(=O)O)Cc1ccc(cc1)OCc1cn(nn1)[C@H]1C[C@@H](C(=O)N[C@@H](Cc3ccc4ccccc4c3)C(=O)N[C@H](C(=O)O)Cc3ccc(cc3)OCc3cn2nn3)N(C(=O)C(NC(=O)[C@H](C)NC)C2CCCCC2)C1)C1CCCCC1. The largest absolute Gasteiger partial charge is 0.487 e. The van der Waals surface area contributed by atoms with E-state index in [0.717, 1.165) is 60.1 Å². The van der Waals surface area contributed by atoms with Crippen LogP contribution < -0.4 is 52.0 Å². The highest BCUT2D eigenvalue weighted by Gasteiger charge is 2.48. The van der Waals surface area contributed by atoms with Crippen LogP contribution in [-0.4, -0.2) is 197 Å². The summed E-state index contributed by atoms with van der Waals surface area (Å²) in [5, 5.41) is 66.4. The normalized spacial score (nSPS) is 22.9. The number of hydrogen-bond acceptors (Lipinski definition) is 18. The van der Waals surface area contributed by atoms with Gasteiger partial charge in [0, 0.05) is 51.6 Å². The summed E-state index contributed by atoms with van der Waals surface area (Å²) in [7, 11) is 3.29. The number of aliphatic carboxylic acids is 2. The monoisotopic (exact) mass is 1560 g/mol. The lowest BCUT2D eigenvalue weighted by atomic mass is 9.83. The molecule has 10 N–H and O–H groups in total. The zero-order chi connectivity index (χ0) is 80.1. The lowest BCUT2D eigenvalue weighted by Gasteiger charge is -2.35. The van der Waals surface area contributed by atoms with Gasteiger partial charge < -0.3 is 72.0 Å². The van der Waals surface area contributed by atoms with Crippen molar-refractivity contribution >= 4 is 80.7 Å². The molecule has 114 heavy (non-hydrogen) atoms. The van der Waals surface area contributed by atoms with Gasteiger partial charge in [-0.2, -0.15) is 0 Å². The van der Waals surface area contributed by atoms with Crippen LogP contribution in [-0.2, 0) is 86.8 Å². The van der Waals surface area contributed by atoms with Gasteiger partial charge in [-0.15, -0.1) is 10.2 Å². The first kappa shape index (κ1) is 80.4. The van der Waals surface area contributed by atoms with E-state index in [1.807, 2.05) is 84.9 Å². The predicted octanol–water partition coefficient (Wildman–Crippen LogP) is 5.36. The van der Waals surface area contributed by atoms with Gasteiger partial charge in [-0.05, 0) is 134 Å². The molecule has 4 fully saturated rings. The van der Waals surface area contributed by atoms with Crippen molar-refractivity contribution in [3.63, 3.8) is 0 Å². The van der Waals surface area contributed by atoms with Crippen LogP contribution in [0.5, 0.6) is 11.5 Å². The zero-order valence-corrected chi connectivity index (χ0v) is 64.5. The van der Waals surface area contributed by atoms with Crippen molar-refractivity contribution in [3.8, 4) is 11.5 Å². The van der Waals surface area contributed by atoms with Crippen LogP contribution in [0.15, 0.2) is 146 Å². The number of likely N-dealkylation sites (tertiary alicyclic amines) is 2. The molecule has 2 saturated carbocycles. The Hall–Kier alpha value is -11.7. The Morgan fingerprint density at radius 1 is 0.482 bits per heavy atom. The average Bonchev–Trinajstić information content (AvgIpc) is 1.61. The van der Waals surface area contributed by atoms with Gasteiger partial charge >= 0.3 is 11.9 Å². The molecule has 8 aliphatic rings. The molecule has 8 aromatic rings. The van der Waals surface area contributed by atoms with Gasteiger partial charge in [-0.1, -0.05) is 158 Å². The Morgan fingerprint density at radius 3 is 1.23 bits per heavy atom. The Balaban J connectivity index is 0.820. The first-order valence-electron chi connectivity index (χ1n) is 39.6. The molecule has 6 aromatic carbocycles. The molecule has 0 radical (unpaired) electrons. The lowest BCUT2D eigenvalue weighted by Crippen LogP contribution is -2.60. The molecular weight excluding hydrogens is 1460 g/mol. The van der Waals surface area contributed by atoms with E-state index in [4.69, 9.17) is 9.47 Å². The van der Waals surface area contributed by atoms with Gasteiger partial charge in [-0.3, -0.25) is 38.4 Å². The van der Waals surface area contributed by atoms with Gasteiger partial charge in [0.25, 0.3) is 0 Å². The van der Waals surface area contributed by atoms with E-state index in [1.54, 1.807) is 98.2 Å². The molecule has 12 atom stereocenters. The Labute approximate surface area is 660 Å². The second kappa shape index (κ2) is 36.9. The van der Waals surface area contributed by atoms with Crippen LogP contribution in [0.4, 0.5) is 0 Å². The number of rotatable bonds is 16. The van der Waals surface area contributed by atoms with E-state index >= 15 is 28.8 Å². The molecule has 12 bridgehead atoms. The predicted molar refractivity (Wildman–Crippen MR) is 420 cm³/mol. The van der Waals surface area contributed by atoms with E-state index in [-0.39, 0.29) is 76.7 Å². The highest BCUT2D eigenvalue weighted by atomic mass is 16.5. The Bertz CT molecular complexity index is 4490. The van der Waals surface area contributed by atoms with Crippen molar-refractivity contribution in [1.82, 2.24) is 82.3 Å². The van der Waals surface area contributed by atoms with Gasteiger partial charge in [0.05, 0.1) is 36.6 Å². The van der Waals surface area contributed by atoms with Crippen LogP contribution in [0.1, 0.15) is 137 Å². The van der Waals surface area contributed by atoms with Crippen molar-refractivity contribution in [2.24, 2.45) is 11.8 Å². The summed E-state index contributed by atoms with van der Waals surface area (Å²) in [6, 6.07) is 26.8. The van der Waals surface area contributed by atoms with E-state index in [9.17, 15) is 29.4 Å². The molecule has 30 heteroatoms. The standard InChI is InChI=1S/C84H100N16O14/c1-49(85-3)75(101)91-73(57-17-7-5-8-18-57)81(107)97-45-63-41-71(97)79(105)87-67(39-53-23-29-55-15-11-13-21-59(55)35-53)77(103)89-69(83(109)110)37-51-27-33-66(34-28-51)114-48-62-44-100(96-94-62)64-42-72(98(46-64)82(108)74(58-19-9-6-10-20-58)92-76(102)50(2)86-4)80(106)88-68(40-54-24-30-56-16-12-14-22-60(56)36-54)78(104)90-70(84(111)112)38-52-25-31-65(32-26-52)113-47-61-43-99(63)95-93-61/h11-16,21-36,43-44,49-50,57-58,63-64,67-74,85-86H,5-10,17-20,37-42,45-48H2,1-4H3,(H,87,105)(H,88,106)(H,89,103)(H,90,104)(H,91,101)(H,92,102)(H,109,110)(H,111,112)/t49-,50-,63-,64-,67-,68-,69-,70-,71-,72-,73?,74?/m0/s1. The highest BCUT2D eigenvalue weighted by Crippen LogP contribution is 2.36. The number of aromatic nitrogens is 6. The third-order valence-corrected chi connectivity index (χ3v) is 23.1. The minimum atomic E-state index is -1.51. The number of likely N-dealkylation sites (N-methyl/N-ethyl adjacent to an activating group) is 2. The van der Waals surface area contributed by atoms with E-state index in [2.05, 4.69) is 63.2 Å². The molecule has 2 saturated heterocycles. The molecule has 30 nitrogen and oxygen atoms in total. The minimum absolute atomic E-state index is 0.0107. The van der Waals surface area contributed by atoms with Crippen LogP contribution in [0.3, 0.4) is 0 Å². The van der Waals surface area contributed by atoms with Crippen molar-refractivity contribution in [3.05, 3.63) is 179 Å². The number of hydrogen-bond donors (Lipinski definition) is 10. The maximum atomic E-state index is 15.5. The number of carbonyl (C=O) groups is 10. The first-order valence-corrected chi connectivity index (χ1v) is 39.6. The fraction of sp³-hybridized carbons (Fsp3) is 0.452. The lowest BCUT2D eigenvalue weighted by molar-refractivity contribution is -0.144. The number of fused-ring (bicyclic) bond motifs is 2. The quantitative estimate of drug-likeness (QED) is 0.0582. The van der Waals surface area contributed by atoms with Gasteiger partial charge in [-0.25, -0.2) is 19.0 Å². The average molecular weight is 1560 g/mol. The summed E-state index contributed by atoms with van der Waals surface area (Å²) in [5.74, 6) is -7.25. The van der Waals surface area contributed by atoms with Crippen LogP contribution in [0.25, 0.3) is 21.5 Å². The minimum Gasteiger partial charge on any atom is -0.487 e. The Morgan fingerprint density at radius 2 is 0.860 bits per heavy atom. The molecule has 8 heterocycles. The van der Waals surface area contributed by atoms with E-state index < -0.39 is 132 Å². The number of ether oxygens (including phenoxy) is 2. The van der Waals surface area contributed by atoms with Crippen LogP contribution in [0.2, 0.25) is 0 Å². The van der Waals surface area contributed by atoms with Crippen molar-refractivity contribution in [2.45, 2.75) is 202 Å². The zero-order valence-electron chi connectivity index (χ0n) is 64.5. The van der Waals surface area contributed by atoms with Gasteiger partial charge in [0.15, 0.2) is 0 Å². The summed E-state index contributed by atoms with van der Waals surface area (Å²) in [6.45, 7) is 3.04. The molecule has 2 unspecified atom stereocenters. The van der Waals surface area contributed by atoms with Crippen molar-refractivity contribution < 1.29 is 67.6 Å². The van der Waals surface area contributed by atoms with E-state index in [0.29, 0.717) is 70.8 Å². The summed E-state index contributed by atoms with van der Waals surface area (Å²) >= 11 is 0. The summed E-state index contributed by atoms with van der Waals surface area (Å²) < 4.78 is 15.5. The molecule has 6 aliphatic heterocycles. The van der Waals surface area contributed by atoms with Crippen LogP contribution in [0, 0.1) is 11.8 Å². The fourth-order valence-corrected chi connectivity index (χ4v) is 16.3. The van der Waals surface area contributed by atoms with Crippen molar-refractivity contribution in [2.75, 3.05) is 27.2 Å². The number of nitrogens with zero attached hydrogens (tertiary/aromatic N) is 8. The number of carbonyl (C=O) groups excluding carboxylic acids is 8. The third kappa shape index (κ3) is 19.7. The maximum Gasteiger partial charge on any atom is 0.326 e. The molecule has 16 rings (SSSR count). The highest BCUT2D eigenvalue weighted by molar-refractivity contribution is 5.98. The van der Waals surface area contributed by atoms with Gasteiger partial charge in [0.1, 0.15) is 84.4 Å². The number of nitrogens with one attached hydrogen (secondary N) is 8. The second-order valence-corrected chi connectivity index (χ2v) is 30.9. The van der Waals surface area contributed by atoms with Crippen LogP contribution >= 0.6 is 0 Å². The van der Waals surface area contributed by atoms with Crippen molar-refractivity contribution in [1.29, 1.82) is 0 Å². The molecule has 0 spiro atoms. The fourth-order valence-electron chi connectivity index (χ4n) is 16.3. The van der Waals surface area contributed by atoms with Gasteiger partial charge in [0.2, 0.25) is 47.3 Å². The maximum absolute atomic E-state index is 15.5. The molecule has 600 valence electrons. The Kier molecular flexibility index (Phi) is 26.0. The summed E-state index contributed by atoms with van der Waals surface area (Å²) in [5.41, 5.74) is 3.05. The second-order valence-electron chi connectivity index (χ2n) is 30.9. The number of amides is 8. The first-order chi connectivity index (χ1) is 55.1. The number of carboxylic acid groups (broad SMARTS) is 2. The number of carboxylic acids is 2. The number of benzene rings is 6. The molecule has 2 aliphatic carbocycles. The summed E-state index contributed by atoms with van der Waals surface area (Å²) in [4.78, 5) is 149. The molecule has 8 amide bonds. The van der Waals surface area contributed by atoms with E-state index in [1.165, 1.54) is 9.80 Å². The topological polar surface area (TPSA) is 394 Å². The smallest absolute Gasteiger partial charge is 0.326 e.